The van der Waals surface area contributed by atoms with Gasteiger partial charge in [0.1, 0.15) is 0 Å². The number of nitrogens with one attached hydrogen (secondary N) is 1. The summed E-state index contributed by atoms with van der Waals surface area (Å²) in [4.78, 5) is 24.7. The van der Waals surface area contributed by atoms with Crippen LogP contribution >= 0.6 is 0 Å². The topological polar surface area (TPSA) is 72.7 Å². The number of rotatable bonds is 7. The predicted molar refractivity (Wildman–Crippen MR) is 127 cm³/mol. The Labute approximate surface area is 188 Å². The van der Waals surface area contributed by atoms with Crippen molar-refractivity contribution in [3.8, 4) is 5.69 Å². The summed E-state index contributed by atoms with van der Waals surface area (Å²) >= 11 is 0. The Morgan fingerprint density at radius 2 is 1.81 bits per heavy atom. The van der Waals surface area contributed by atoms with E-state index < -0.39 is 0 Å². The lowest BCUT2D eigenvalue weighted by Crippen LogP contribution is -2.20. The third-order valence-electron chi connectivity index (χ3n) is 5.35. The number of aryl methyl sites for hydroxylation is 3. The fourth-order valence-electron chi connectivity index (χ4n) is 3.77. The van der Waals surface area contributed by atoms with Crippen molar-refractivity contribution in [3.63, 3.8) is 0 Å². The van der Waals surface area contributed by atoms with E-state index in [0.717, 1.165) is 33.8 Å². The summed E-state index contributed by atoms with van der Waals surface area (Å²) in [6.07, 6.45) is 1.90. The van der Waals surface area contributed by atoms with Crippen molar-refractivity contribution >= 4 is 18.1 Å². The molecule has 0 unspecified atom stereocenters. The average Bonchev–Trinajstić information content (AvgIpc) is 3.03. The molecule has 3 rings (SSSR count). The molecule has 0 fully saturated rings. The van der Waals surface area contributed by atoms with E-state index in [-0.39, 0.29) is 18.3 Å². The first-order chi connectivity index (χ1) is 15.3. The zero-order valence-corrected chi connectivity index (χ0v) is 19.2. The number of aromatic nitrogens is 1. The Bertz CT molecular complexity index is 1180. The number of benzene rings is 2. The van der Waals surface area contributed by atoms with E-state index in [0.29, 0.717) is 12.2 Å². The molecule has 0 aliphatic carbocycles. The second-order valence-corrected chi connectivity index (χ2v) is 7.80. The minimum absolute atomic E-state index is 0.172. The van der Waals surface area contributed by atoms with Crippen LogP contribution in [0.3, 0.4) is 0 Å². The molecule has 1 N–H and O–H groups in total. The van der Waals surface area contributed by atoms with Gasteiger partial charge in [-0.1, -0.05) is 35.9 Å². The van der Waals surface area contributed by atoms with E-state index in [2.05, 4.69) is 16.6 Å². The number of hydrogen-bond acceptors (Lipinski definition) is 4. The van der Waals surface area contributed by atoms with Gasteiger partial charge in [0.05, 0.1) is 30.5 Å². The largest absolute Gasteiger partial charge is 0.462 e. The van der Waals surface area contributed by atoms with Crippen LogP contribution in [0.1, 0.15) is 50.9 Å². The summed E-state index contributed by atoms with van der Waals surface area (Å²) in [6.45, 7) is 10.1. The summed E-state index contributed by atoms with van der Waals surface area (Å²) in [6, 6.07) is 15.4. The maximum atomic E-state index is 12.4. The fraction of sp³-hybridized carbons (Fsp3) is 0.269. The van der Waals surface area contributed by atoms with Crippen LogP contribution in [0.5, 0.6) is 0 Å². The molecule has 166 valence electrons. The smallest absolute Gasteiger partial charge is 0.340 e. The van der Waals surface area contributed by atoms with Gasteiger partial charge in [-0.25, -0.2) is 10.2 Å². The number of carbonyl (C=O) groups excluding carboxylic acids is 2. The number of para-hydroxylation sites is 1. The molecule has 0 aliphatic rings. The maximum absolute atomic E-state index is 12.4. The second kappa shape index (κ2) is 10.1. The van der Waals surface area contributed by atoms with E-state index in [4.69, 9.17) is 4.74 Å². The lowest BCUT2D eigenvalue weighted by Gasteiger charge is -2.14. The van der Waals surface area contributed by atoms with Gasteiger partial charge in [-0.3, -0.25) is 4.79 Å². The number of ether oxygens (including phenoxy) is 1. The summed E-state index contributed by atoms with van der Waals surface area (Å²) in [5, 5.41) is 4.15. The minimum atomic E-state index is -0.357. The molecule has 6 heteroatoms. The molecule has 1 amide bonds. The Morgan fingerprint density at radius 3 is 2.53 bits per heavy atom. The van der Waals surface area contributed by atoms with Gasteiger partial charge in [0.25, 0.3) is 0 Å². The molecule has 3 aromatic rings. The molecule has 1 heterocycles. The Kier molecular flexibility index (Phi) is 7.25. The molecule has 0 saturated heterocycles. The number of hydrazone groups is 1. The van der Waals surface area contributed by atoms with Crippen molar-refractivity contribution in [2.75, 3.05) is 6.61 Å². The second-order valence-electron chi connectivity index (χ2n) is 7.80. The molecule has 0 aliphatic heterocycles. The van der Waals surface area contributed by atoms with Gasteiger partial charge < -0.3 is 9.30 Å². The Hall–Kier alpha value is -3.67. The van der Waals surface area contributed by atoms with E-state index in [9.17, 15) is 9.59 Å². The van der Waals surface area contributed by atoms with E-state index in [1.165, 1.54) is 5.56 Å². The summed E-state index contributed by atoms with van der Waals surface area (Å²) in [7, 11) is 0. The third kappa shape index (κ3) is 5.14. The lowest BCUT2D eigenvalue weighted by atomic mass is 10.0. The zero-order chi connectivity index (χ0) is 23.3. The third-order valence-corrected chi connectivity index (χ3v) is 5.35. The number of hydrogen-bond donors (Lipinski definition) is 1. The van der Waals surface area contributed by atoms with Crippen LogP contribution in [-0.2, 0) is 16.0 Å². The number of carbonyl (C=O) groups is 2. The van der Waals surface area contributed by atoms with Gasteiger partial charge in [0, 0.05) is 17.0 Å². The lowest BCUT2D eigenvalue weighted by molar-refractivity contribution is -0.120. The van der Waals surface area contributed by atoms with Crippen LogP contribution in [0.2, 0.25) is 0 Å². The SMILES string of the molecule is CCOC(=O)c1ccccc1-n1c(C)cc(/C=N/NC(=O)Cc2ccc(C)cc2C)c1C. The molecule has 32 heavy (non-hydrogen) atoms. The van der Waals surface area contributed by atoms with Gasteiger partial charge in [0.2, 0.25) is 5.91 Å². The first-order valence-electron chi connectivity index (χ1n) is 10.6. The van der Waals surface area contributed by atoms with Crippen molar-refractivity contribution in [1.29, 1.82) is 0 Å². The molecule has 0 saturated carbocycles. The zero-order valence-electron chi connectivity index (χ0n) is 19.2. The average molecular weight is 432 g/mol. The number of amides is 1. The fourth-order valence-corrected chi connectivity index (χ4v) is 3.77. The highest BCUT2D eigenvalue weighted by molar-refractivity contribution is 5.94. The molecule has 0 radical (unpaired) electrons. The number of nitrogens with zero attached hydrogens (tertiary/aromatic N) is 2. The molecule has 0 bridgehead atoms. The highest BCUT2D eigenvalue weighted by Gasteiger charge is 2.17. The van der Waals surface area contributed by atoms with Crippen LogP contribution < -0.4 is 5.43 Å². The van der Waals surface area contributed by atoms with Crippen LogP contribution in [0, 0.1) is 27.7 Å². The van der Waals surface area contributed by atoms with Gasteiger partial charge in [0.15, 0.2) is 0 Å². The standard InChI is InChI=1S/C26H29N3O3/c1-6-32-26(31)23-9-7-8-10-24(23)29-19(4)14-22(20(29)5)16-27-28-25(30)15-21-12-11-17(2)13-18(21)3/h7-14,16H,6,15H2,1-5H3,(H,28,30)/b27-16+. The van der Waals surface area contributed by atoms with E-state index in [1.54, 1.807) is 19.2 Å². The van der Waals surface area contributed by atoms with Crippen molar-refractivity contribution in [2.45, 2.75) is 41.0 Å². The Morgan fingerprint density at radius 1 is 1.06 bits per heavy atom. The molecule has 6 nitrogen and oxygen atoms in total. The van der Waals surface area contributed by atoms with Crippen molar-refractivity contribution < 1.29 is 14.3 Å². The highest BCUT2D eigenvalue weighted by atomic mass is 16.5. The van der Waals surface area contributed by atoms with Crippen molar-refractivity contribution in [1.82, 2.24) is 9.99 Å². The summed E-state index contributed by atoms with van der Waals surface area (Å²) in [5.41, 5.74) is 9.82. The summed E-state index contributed by atoms with van der Waals surface area (Å²) < 4.78 is 7.20. The first-order valence-corrected chi connectivity index (χ1v) is 10.6. The maximum Gasteiger partial charge on any atom is 0.340 e. The molecular weight excluding hydrogens is 402 g/mol. The minimum Gasteiger partial charge on any atom is -0.462 e. The van der Waals surface area contributed by atoms with Gasteiger partial charge >= 0.3 is 5.97 Å². The molecule has 1 aromatic heterocycles. The van der Waals surface area contributed by atoms with Crippen molar-refractivity contribution in [3.05, 3.63) is 87.7 Å². The monoisotopic (exact) mass is 431 g/mol. The van der Waals surface area contributed by atoms with Gasteiger partial charge in [-0.15, -0.1) is 0 Å². The normalized spacial score (nSPS) is 11.0. The Balaban J connectivity index is 1.78. The van der Waals surface area contributed by atoms with Crippen molar-refractivity contribution in [2.24, 2.45) is 5.10 Å². The van der Waals surface area contributed by atoms with Crippen LogP contribution in [-0.4, -0.2) is 29.3 Å². The quantitative estimate of drug-likeness (QED) is 0.338. The highest BCUT2D eigenvalue weighted by Crippen LogP contribution is 2.23. The van der Waals surface area contributed by atoms with Gasteiger partial charge in [-0.05, 0) is 63.9 Å². The molecular formula is C26H29N3O3. The summed E-state index contributed by atoms with van der Waals surface area (Å²) in [5.74, 6) is -0.529. The predicted octanol–water partition coefficient (Wildman–Crippen LogP) is 4.58. The van der Waals surface area contributed by atoms with E-state index >= 15 is 0 Å². The molecule has 0 spiro atoms. The molecule has 0 atom stereocenters. The van der Waals surface area contributed by atoms with Crippen LogP contribution in [0.4, 0.5) is 0 Å². The van der Waals surface area contributed by atoms with E-state index in [1.807, 2.05) is 68.7 Å². The van der Waals surface area contributed by atoms with Crippen LogP contribution in [0.15, 0.2) is 53.6 Å². The number of esters is 1. The molecule has 2 aromatic carbocycles. The van der Waals surface area contributed by atoms with Gasteiger partial charge in [-0.2, -0.15) is 5.10 Å². The first kappa shape index (κ1) is 23.0. The van der Waals surface area contributed by atoms with Crippen LogP contribution in [0.25, 0.3) is 5.69 Å².